The molecule has 0 spiro atoms. The predicted molar refractivity (Wildman–Crippen MR) is 86.0 cm³/mol. The van der Waals surface area contributed by atoms with Crippen molar-refractivity contribution in [3.05, 3.63) is 55.8 Å². The summed E-state index contributed by atoms with van der Waals surface area (Å²) in [4.78, 5) is 27.1. The highest BCUT2D eigenvalue weighted by atomic mass is 35.5. The lowest BCUT2D eigenvalue weighted by Gasteiger charge is -2.10. The number of hydrogen-bond donors (Lipinski definition) is 1. The fourth-order valence-corrected chi connectivity index (χ4v) is 2.62. The summed E-state index contributed by atoms with van der Waals surface area (Å²) in [6, 6.07) is 7.51. The maximum atomic E-state index is 12.6. The van der Waals surface area contributed by atoms with E-state index < -0.39 is 5.69 Å². The molecule has 0 aliphatic carbocycles. The molecule has 21 heavy (non-hydrogen) atoms. The van der Waals surface area contributed by atoms with Crippen molar-refractivity contribution >= 4 is 11.6 Å². The number of benzene rings is 1. The van der Waals surface area contributed by atoms with E-state index in [2.05, 4.69) is 11.9 Å². The molecule has 0 radical (unpaired) electrons. The Kier molecular flexibility index (Phi) is 5.02. The minimum atomic E-state index is -0.446. The van der Waals surface area contributed by atoms with Gasteiger partial charge < -0.3 is 0 Å². The van der Waals surface area contributed by atoms with Crippen molar-refractivity contribution in [3.8, 4) is 11.1 Å². The summed E-state index contributed by atoms with van der Waals surface area (Å²) in [6.07, 6.45) is 2.81. The van der Waals surface area contributed by atoms with E-state index in [1.807, 2.05) is 31.2 Å². The zero-order chi connectivity index (χ0) is 15.4. The summed E-state index contributed by atoms with van der Waals surface area (Å²) in [5.41, 5.74) is 1.30. The molecule has 0 amide bonds. The third-order valence-corrected chi connectivity index (χ3v) is 3.82. The molecule has 0 saturated heterocycles. The summed E-state index contributed by atoms with van der Waals surface area (Å²) in [5, 5.41) is 0.103. The second-order valence-electron chi connectivity index (χ2n) is 5.10. The minimum Gasteiger partial charge on any atom is -0.297 e. The van der Waals surface area contributed by atoms with Crippen LogP contribution in [0.3, 0.4) is 0 Å². The number of nitrogens with zero attached hydrogens (tertiary/aromatic N) is 1. The molecule has 0 bridgehead atoms. The van der Waals surface area contributed by atoms with Crippen LogP contribution in [-0.2, 0) is 6.54 Å². The van der Waals surface area contributed by atoms with Gasteiger partial charge in [0.05, 0.1) is 5.56 Å². The molecule has 112 valence electrons. The van der Waals surface area contributed by atoms with E-state index >= 15 is 0 Å². The van der Waals surface area contributed by atoms with Crippen molar-refractivity contribution in [2.45, 2.75) is 39.7 Å². The van der Waals surface area contributed by atoms with Gasteiger partial charge in [-0.05, 0) is 24.5 Å². The first-order valence-electron chi connectivity index (χ1n) is 7.15. The van der Waals surface area contributed by atoms with Crippen molar-refractivity contribution in [2.24, 2.45) is 0 Å². The van der Waals surface area contributed by atoms with Gasteiger partial charge in [0.2, 0.25) is 0 Å². The topological polar surface area (TPSA) is 54.9 Å². The van der Waals surface area contributed by atoms with E-state index in [1.54, 1.807) is 0 Å². The molecule has 0 fully saturated rings. The lowest BCUT2D eigenvalue weighted by molar-refractivity contribution is 0.564. The van der Waals surface area contributed by atoms with Gasteiger partial charge in [0.25, 0.3) is 5.56 Å². The molecular formula is C16H19ClN2O2. The number of H-pyrrole nitrogens is 1. The standard InChI is InChI=1S/C16H19ClN2O2/c1-3-4-7-10-19-15(20)13(14(17)18-16(19)21)12-9-6-5-8-11(12)2/h5-6,8-9H,3-4,7,10H2,1-2H3,(H,18,21). The van der Waals surface area contributed by atoms with Gasteiger partial charge in [-0.1, -0.05) is 55.6 Å². The number of aryl methyl sites for hydroxylation is 1. The molecule has 0 aliphatic rings. The van der Waals surface area contributed by atoms with Gasteiger partial charge in [-0.2, -0.15) is 0 Å². The minimum absolute atomic E-state index is 0.103. The monoisotopic (exact) mass is 306 g/mol. The molecule has 0 unspecified atom stereocenters. The van der Waals surface area contributed by atoms with Crippen molar-refractivity contribution in [3.63, 3.8) is 0 Å². The smallest absolute Gasteiger partial charge is 0.297 e. The lowest BCUT2D eigenvalue weighted by atomic mass is 10.0. The van der Waals surface area contributed by atoms with E-state index in [9.17, 15) is 9.59 Å². The SMILES string of the molecule is CCCCCn1c(=O)[nH]c(Cl)c(-c2ccccc2C)c1=O. The predicted octanol–water partition coefficient (Wildman–Crippen LogP) is 3.36. The Balaban J connectivity index is 2.57. The number of nitrogens with one attached hydrogen (secondary N) is 1. The van der Waals surface area contributed by atoms with Crippen LogP contribution in [0.15, 0.2) is 33.9 Å². The highest BCUT2D eigenvalue weighted by molar-refractivity contribution is 6.32. The molecule has 5 heteroatoms. The Hall–Kier alpha value is -1.81. The maximum Gasteiger partial charge on any atom is 0.329 e. The summed E-state index contributed by atoms with van der Waals surface area (Å²) in [6.45, 7) is 4.41. The number of aromatic nitrogens is 2. The van der Waals surface area contributed by atoms with Crippen LogP contribution in [0.2, 0.25) is 5.15 Å². The van der Waals surface area contributed by atoms with Crippen LogP contribution in [0.1, 0.15) is 31.7 Å². The van der Waals surface area contributed by atoms with Gasteiger partial charge in [-0.3, -0.25) is 14.3 Å². The molecule has 0 aliphatic heterocycles. The molecule has 1 aromatic heterocycles. The fraction of sp³-hybridized carbons (Fsp3) is 0.375. The first-order chi connectivity index (χ1) is 10.1. The van der Waals surface area contributed by atoms with Crippen LogP contribution in [0.4, 0.5) is 0 Å². The fourth-order valence-electron chi connectivity index (χ4n) is 2.35. The van der Waals surface area contributed by atoms with Gasteiger partial charge in [-0.25, -0.2) is 4.79 Å². The molecule has 4 nitrogen and oxygen atoms in total. The van der Waals surface area contributed by atoms with Crippen LogP contribution in [-0.4, -0.2) is 9.55 Å². The van der Waals surface area contributed by atoms with Crippen molar-refractivity contribution in [1.29, 1.82) is 0 Å². The van der Waals surface area contributed by atoms with Crippen molar-refractivity contribution in [1.82, 2.24) is 9.55 Å². The molecule has 1 N–H and O–H groups in total. The molecular weight excluding hydrogens is 288 g/mol. The number of halogens is 1. The summed E-state index contributed by atoms with van der Waals surface area (Å²) >= 11 is 6.11. The van der Waals surface area contributed by atoms with Gasteiger partial charge >= 0.3 is 5.69 Å². The summed E-state index contributed by atoms with van der Waals surface area (Å²) in [7, 11) is 0. The molecule has 1 heterocycles. The third-order valence-electron chi connectivity index (χ3n) is 3.54. The van der Waals surface area contributed by atoms with Crippen LogP contribution in [0.5, 0.6) is 0 Å². The summed E-state index contributed by atoms with van der Waals surface area (Å²) < 4.78 is 1.24. The Labute approximate surface area is 128 Å². The van der Waals surface area contributed by atoms with E-state index in [1.165, 1.54) is 4.57 Å². The van der Waals surface area contributed by atoms with E-state index in [0.717, 1.165) is 30.4 Å². The number of unbranched alkanes of at least 4 members (excludes halogenated alkanes) is 2. The van der Waals surface area contributed by atoms with Crippen molar-refractivity contribution in [2.75, 3.05) is 0 Å². The van der Waals surface area contributed by atoms with Crippen LogP contribution in [0, 0.1) is 6.92 Å². The Morgan fingerprint density at radius 1 is 1.19 bits per heavy atom. The van der Waals surface area contributed by atoms with E-state index in [0.29, 0.717) is 12.1 Å². The molecule has 0 saturated carbocycles. The Morgan fingerprint density at radius 3 is 2.57 bits per heavy atom. The van der Waals surface area contributed by atoms with Gasteiger partial charge in [0.1, 0.15) is 5.15 Å². The average molecular weight is 307 g/mol. The van der Waals surface area contributed by atoms with Gasteiger partial charge in [0.15, 0.2) is 0 Å². The molecule has 2 rings (SSSR count). The number of aromatic amines is 1. The Morgan fingerprint density at radius 2 is 1.90 bits per heavy atom. The van der Waals surface area contributed by atoms with Crippen LogP contribution in [0.25, 0.3) is 11.1 Å². The van der Waals surface area contributed by atoms with Crippen LogP contribution < -0.4 is 11.2 Å². The Bertz CT molecular complexity index is 747. The number of rotatable bonds is 5. The van der Waals surface area contributed by atoms with E-state index in [4.69, 9.17) is 11.6 Å². The molecule has 2 aromatic rings. The highest BCUT2D eigenvalue weighted by Gasteiger charge is 2.15. The average Bonchev–Trinajstić information content (AvgIpc) is 2.44. The van der Waals surface area contributed by atoms with E-state index in [-0.39, 0.29) is 10.7 Å². The van der Waals surface area contributed by atoms with Crippen LogP contribution >= 0.6 is 11.6 Å². The largest absolute Gasteiger partial charge is 0.329 e. The highest BCUT2D eigenvalue weighted by Crippen LogP contribution is 2.24. The lowest BCUT2D eigenvalue weighted by Crippen LogP contribution is -2.36. The molecule has 1 aromatic carbocycles. The van der Waals surface area contributed by atoms with Gasteiger partial charge in [-0.15, -0.1) is 0 Å². The quantitative estimate of drug-likeness (QED) is 0.680. The normalized spacial score (nSPS) is 10.8. The van der Waals surface area contributed by atoms with Crippen molar-refractivity contribution < 1.29 is 0 Å². The first kappa shape index (κ1) is 15.6. The zero-order valence-corrected chi connectivity index (χ0v) is 13.0. The second kappa shape index (κ2) is 6.76. The second-order valence-corrected chi connectivity index (χ2v) is 5.48. The first-order valence-corrected chi connectivity index (χ1v) is 7.52. The third kappa shape index (κ3) is 3.27. The maximum absolute atomic E-state index is 12.6. The molecule has 0 atom stereocenters. The number of hydrogen-bond acceptors (Lipinski definition) is 2. The summed E-state index contributed by atoms with van der Waals surface area (Å²) in [5.74, 6) is 0. The zero-order valence-electron chi connectivity index (χ0n) is 12.3. The van der Waals surface area contributed by atoms with Gasteiger partial charge in [0, 0.05) is 6.54 Å².